The Bertz CT molecular complexity index is 500. The van der Waals surface area contributed by atoms with E-state index in [1.807, 2.05) is 42.5 Å². The molecule has 0 unspecified atom stereocenters. The van der Waals surface area contributed by atoms with Crippen LogP contribution in [0, 0.1) is 0 Å². The van der Waals surface area contributed by atoms with E-state index in [0.717, 1.165) is 12.2 Å². The van der Waals surface area contributed by atoms with Gasteiger partial charge in [-0.15, -0.1) is 0 Å². The largest absolute Gasteiger partial charge is 0.485 e. The average molecular weight is 240 g/mol. The molecule has 0 atom stereocenters. The van der Waals surface area contributed by atoms with Crippen molar-refractivity contribution < 1.29 is 9.53 Å². The molecule has 0 aliphatic rings. The van der Waals surface area contributed by atoms with Crippen LogP contribution in [0.1, 0.15) is 22.8 Å². The van der Waals surface area contributed by atoms with Gasteiger partial charge in [0.2, 0.25) is 0 Å². The molecule has 0 heterocycles. The Labute approximate surface area is 107 Å². The van der Waals surface area contributed by atoms with Gasteiger partial charge in [0.25, 0.3) is 0 Å². The second-order valence-electron chi connectivity index (χ2n) is 4.08. The predicted molar refractivity (Wildman–Crippen MR) is 72.1 cm³/mol. The predicted octanol–water partition coefficient (Wildman–Crippen LogP) is 3.51. The Morgan fingerprint density at radius 3 is 2.28 bits per heavy atom. The van der Waals surface area contributed by atoms with Crippen LogP contribution in [-0.4, -0.2) is 12.4 Å². The molecular formula is C16H16O2. The number of aryl methyl sites for hydroxylation is 1. The molecule has 0 saturated heterocycles. The molecule has 2 aromatic rings. The molecule has 2 rings (SSSR count). The molecule has 0 amide bonds. The van der Waals surface area contributed by atoms with Crippen LogP contribution in [0.2, 0.25) is 0 Å². The van der Waals surface area contributed by atoms with Gasteiger partial charge in [-0.25, -0.2) is 0 Å². The van der Waals surface area contributed by atoms with Crippen molar-refractivity contribution in [3.63, 3.8) is 0 Å². The maximum absolute atomic E-state index is 11.8. The van der Waals surface area contributed by atoms with Crippen molar-refractivity contribution in [1.82, 2.24) is 0 Å². The molecule has 0 aromatic heterocycles. The highest BCUT2D eigenvalue weighted by molar-refractivity contribution is 5.97. The third-order valence-electron chi connectivity index (χ3n) is 2.80. The maximum Gasteiger partial charge on any atom is 0.200 e. The topological polar surface area (TPSA) is 26.3 Å². The van der Waals surface area contributed by atoms with Gasteiger partial charge >= 0.3 is 0 Å². The summed E-state index contributed by atoms with van der Waals surface area (Å²) < 4.78 is 5.47. The zero-order valence-electron chi connectivity index (χ0n) is 10.4. The summed E-state index contributed by atoms with van der Waals surface area (Å²) in [5.41, 5.74) is 1.94. The van der Waals surface area contributed by atoms with Gasteiger partial charge in [-0.05, 0) is 24.1 Å². The van der Waals surface area contributed by atoms with Crippen LogP contribution in [0.3, 0.4) is 0 Å². The molecular weight excluding hydrogens is 224 g/mol. The molecule has 0 radical (unpaired) electrons. The number of benzene rings is 2. The Morgan fingerprint density at radius 1 is 1.00 bits per heavy atom. The maximum atomic E-state index is 11.8. The fourth-order valence-corrected chi connectivity index (χ4v) is 1.68. The van der Waals surface area contributed by atoms with Crippen LogP contribution in [-0.2, 0) is 6.42 Å². The number of hydrogen-bond donors (Lipinski definition) is 0. The monoisotopic (exact) mass is 240 g/mol. The number of hydrogen-bond acceptors (Lipinski definition) is 2. The van der Waals surface area contributed by atoms with Crippen molar-refractivity contribution in [1.29, 1.82) is 0 Å². The summed E-state index contributed by atoms with van der Waals surface area (Å²) in [5, 5.41) is 0. The first kappa shape index (κ1) is 12.4. The number of Topliss-reactive ketones (excluding diaryl/α,β-unsaturated/α-hetero) is 1. The second-order valence-corrected chi connectivity index (χ2v) is 4.08. The van der Waals surface area contributed by atoms with Gasteiger partial charge in [-0.3, -0.25) is 4.79 Å². The molecule has 2 nitrogen and oxygen atoms in total. The number of ether oxygens (including phenoxy) is 1. The molecule has 0 fully saturated rings. The SMILES string of the molecule is CCc1ccc(OCC(=O)c2ccccc2)cc1. The van der Waals surface area contributed by atoms with Gasteiger partial charge in [0.1, 0.15) is 5.75 Å². The van der Waals surface area contributed by atoms with E-state index in [0.29, 0.717) is 5.56 Å². The molecule has 18 heavy (non-hydrogen) atoms. The Balaban J connectivity index is 1.93. The second kappa shape index (κ2) is 6.01. The molecule has 2 aromatic carbocycles. The summed E-state index contributed by atoms with van der Waals surface area (Å²) in [4.78, 5) is 11.8. The lowest BCUT2D eigenvalue weighted by molar-refractivity contribution is 0.0921. The molecule has 0 spiro atoms. The summed E-state index contributed by atoms with van der Waals surface area (Å²) in [6, 6.07) is 17.0. The van der Waals surface area contributed by atoms with Gasteiger partial charge < -0.3 is 4.74 Å². The first-order valence-electron chi connectivity index (χ1n) is 6.09. The van der Waals surface area contributed by atoms with Gasteiger partial charge in [0, 0.05) is 5.56 Å². The van der Waals surface area contributed by atoms with Crippen molar-refractivity contribution in [2.45, 2.75) is 13.3 Å². The highest BCUT2D eigenvalue weighted by Crippen LogP contribution is 2.13. The summed E-state index contributed by atoms with van der Waals surface area (Å²) in [6.45, 7) is 2.18. The first-order chi connectivity index (χ1) is 8.79. The van der Waals surface area contributed by atoms with E-state index in [4.69, 9.17) is 4.74 Å². The molecule has 2 heteroatoms. The molecule has 0 N–H and O–H groups in total. The normalized spacial score (nSPS) is 10.1. The Morgan fingerprint density at radius 2 is 1.67 bits per heavy atom. The highest BCUT2D eigenvalue weighted by atomic mass is 16.5. The Kier molecular flexibility index (Phi) is 4.13. The van der Waals surface area contributed by atoms with Crippen molar-refractivity contribution in [2.24, 2.45) is 0 Å². The van der Waals surface area contributed by atoms with Gasteiger partial charge in [0.15, 0.2) is 12.4 Å². The van der Waals surface area contributed by atoms with Gasteiger partial charge in [-0.1, -0.05) is 49.4 Å². The van der Waals surface area contributed by atoms with Crippen LogP contribution < -0.4 is 4.74 Å². The van der Waals surface area contributed by atoms with Crippen molar-refractivity contribution in [2.75, 3.05) is 6.61 Å². The number of ketones is 1. The first-order valence-corrected chi connectivity index (χ1v) is 6.09. The van der Waals surface area contributed by atoms with Crippen LogP contribution >= 0.6 is 0 Å². The summed E-state index contributed by atoms with van der Waals surface area (Å²) in [6.07, 6.45) is 1.00. The van der Waals surface area contributed by atoms with E-state index in [2.05, 4.69) is 6.92 Å². The van der Waals surface area contributed by atoms with Gasteiger partial charge in [0.05, 0.1) is 0 Å². The summed E-state index contributed by atoms with van der Waals surface area (Å²) >= 11 is 0. The minimum Gasteiger partial charge on any atom is -0.485 e. The van der Waals surface area contributed by atoms with Crippen LogP contribution in [0.25, 0.3) is 0 Å². The fraction of sp³-hybridized carbons (Fsp3) is 0.188. The van der Waals surface area contributed by atoms with Crippen LogP contribution in [0.5, 0.6) is 5.75 Å². The van der Waals surface area contributed by atoms with E-state index < -0.39 is 0 Å². The molecule has 0 aliphatic heterocycles. The van der Waals surface area contributed by atoms with E-state index in [-0.39, 0.29) is 12.4 Å². The fourth-order valence-electron chi connectivity index (χ4n) is 1.68. The van der Waals surface area contributed by atoms with Gasteiger partial charge in [-0.2, -0.15) is 0 Å². The number of carbonyl (C=O) groups excluding carboxylic acids is 1. The minimum absolute atomic E-state index is 0.00447. The van der Waals surface area contributed by atoms with E-state index in [1.54, 1.807) is 12.1 Å². The van der Waals surface area contributed by atoms with Crippen molar-refractivity contribution in [3.05, 3.63) is 65.7 Å². The average Bonchev–Trinajstić information content (AvgIpc) is 2.46. The van der Waals surface area contributed by atoms with Crippen LogP contribution in [0.4, 0.5) is 0 Å². The summed E-state index contributed by atoms with van der Waals surface area (Å²) in [5.74, 6) is 0.728. The molecule has 0 aliphatic carbocycles. The lowest BCUT2D eigenvalue weighted by Crippen LogP contribution is -2.11. The zero-order chi connectivity index (χ0) is 12.8. The molecule has 0 bridgehead atoms. The summed E-state index contributed by atoms with van der Waals surface area (Å²) in [7, 11) is 0. The third kappa shape index (κ3) is 3.20. The van der Waals surface area contributed by atoms with Crippen molar-refractivity contribution >= 4 is 5.78 Å². The van der Waals surface area contributed by atoms with E-state index in [1.165, 1.54) is 5.56 Å². The van der Waals surface area contributed by atoms with Crippen molar-refractivity contribution in [3.8, 4) is 5.75 Å². The lowest BCUT2D eigenvalue weighted by atomic mass is 10.1. The standard InChI is InChI=1S/C16H16O2/c1-2-13-8-10-15(11-9-13)18-12-16(17)14-6-4-3-5-7-14/h3-11H,2,12H2,1H3. The number of carbonyl (C=O) groups is 1. The molecule has 0 saturated carbocycles. The Hall–Kier alpha value is -2.09. The number of rotatable bonds is 5. The van der Waals surface area contributed by atoms with E-state index in [9.17, 15) is 4.79 Å². The van der Waals surface area contributed by atoms with E-state index >= 15 is 0 Å². The lowest BCUT2D eigenvalue weighted by Gasteiger charge is -2.06. The highest BCUT2D eigenvalue weighted by Gasteiger charge is 2.05. The third-order valence-corrected chi connectivity index (χ3v) is 2.80. The molecule has 92 valence electrons. The van der Waals surface area contributed by atoms with Crippen LogP contribution in [0.15, 0.2) is 54.6 Å². The zero-order valence-corrected chi connectivity index (χ0v) is 10.4. The quantitative estimate of drug-likeness (QED) is 0.747. The smallest absolute Gasteiger partial charge is 0.200 e. The minimum atomic E-state index is -0.00447.